The Morgan fingerprint density at radius 1 is 1.47 bits per heavy atom. The maximum atomic E-state index is 11.5. The summed E-state index contributed by atoms with van der Waals surface area (Å²) in [4.78, 5) is 15.4. The number of aromatic nitrogens is 3. The fourth-order valence-corrected chi connectivity index (χ4v) is 1.38. The lowest BCUT2D eigenvalue weighted by Crippen LogP contribution is -2.16. The van der Waals surface area contributed by atoms with E-state index >= 15 is 0 Å². The molecule has 0 aliphatic heterocycles. The summed E-state index contributed by atoms with van der Waals surface area (Å²) in [6, 6.07) is 6.83. The second-order valence-electron chi connectivity index (χ2n) is 3.82. The van der Waals surface area contributed by atoms with E-state index in [0.29, 0.717) is 17.3 Å². The molecule has 1 aromatic heterocycles. The number of nitrogens with zero attached hydrogens (tertiary/aromatic N) is 3. The molecule has 100 valence electrons. The molecule has 0 atom stereocenters. The van der Waals surface area contributed by atoms with E-state index in [9.17, 15) is 4.79 Å². The van der Waals surface area contributed by atoms with Crippen LogP contribution in [0.2, 0.25) is 0 Å². The number of hydrogen-bond acceptors (Lipinski definition) is 6. The summed E-state index contributed by atoms with van der Waals surface area (Å²) in [5.74, 6) is 0.610. The normalized spacial score (nSPS) is 10.2. The Morgan fingerprint density at radius 3 is 3.00 bits per heavy atom. The highest BCUT2D eigenvalue weighted by Crippen LogP contribution is 2.14. The van der Waals surface area contributed by atoms with Crippen LogP contribution >= 0.6 is 0 Å². The zero-order chi connectivity index (χ0) is 13.7. The lowest BCUT2D eigenvalue weighted by molar-refractivity contribution is -0.147. The number of anilines is 1. The van der Waals surface area contributed by atoms with E-state index in [1.54, 1.807) is 31.3 Å². The molecule has 0 spiro atoms. The molecule has 0 saturated carbocycles. The molecule has 0 unspecified atom stereocenters. The van der Waals surface area contributed by atoms with Gasteiger partial charge in [-0.15, -0.1) is 0 Å². The van der Waals surface area contributed by atoms with Gasteiger partial charge in [-0.3, -0.25) is 4.68 Å². The first-order valence-electron chi connectivity index (χ1n) is 5.62. The number of esters is 1. The zero-order valence-electron chi connectivity index (χ0n) is 10.4. The molecule has 2 N–H and O–H groups in total. The van der Waals surface area contributed by atoms with Gasteiger partial charge in [0.2, 0.25) is 0 Å². The number of carbonyl (C=O) groups is 1. The Hall–Kier alpha value is -2.57. The van der Waals surface area contributed by atoms with E-state index in [0.717, 1.165) is 0 Å². The van der Waals surface area contributed by atoms with Crippen LogP contribution in [0.25, 0.3) is 0 Å². The van der Waals surface area contributed by atoms with Crippen LogP contribution in [0.4, 0.5) is 5.69 Å². The number of rotatable bonds is 5. The van der Waals surface area contributed by atoms with Crippen LogP contribution in [0.3, 0.4) is 0 Å². The smallest absolute Gasteiger partial charge is 0.344 e. The molecular formula is C12H14N4O3. The maximum Gasteiger partial charge on any atom is 0.344 e. The topological polar surface area (TPSA) is 92.3 Å². The second kappa shape index (κ2) is 5.85. The van der Waals surface area contributed by atoms with Crippen molar-refractivity contribution in [1.29, 1.82) is 0 Å². The third kappa shape index (κ3) is 3.70. The van der Waals surface area contributed by atoms with Crippen molar-refractivity contribution >= 4 is 11.7 Å². The Bertz CT molecular complexity index is 568. The summed E-state index contributed by atoms with van der Waals surface area (Å²) in [6.45, 7) is -0.114. The molecule has 0 fully saturated rings. The standard InChI is InChI=1S/C12H14N4O3/c1-16-11(14-8-15-16)6-19-12(17)7-18-10-4-2-3-9(13)5-10/h2-5,8H,6-7,13H2,1H3. The molecule has 2 rings (SSSR count). The van der Waals surface area contributed by atoms with Crippen LogP contribution in [0.5, 0.6) is 5.75 Å². The van der Waals surface area contributed by atoms with Crippen molar-refractivity contribution in [3.8, 4) is 5.75 Å². The van der Waals surface area contributed by atoms with Gasteiger partial charge in [0.15, 0.2) is 19.0 Å². The molecule has 7 heteroatoms. The highest BCUT2D eigenvalue weighted by atomic mass is 16.6. The molecule has 0 radical (unpaired) electrons. The van der Waals surface area contributed by atoms with E-state index in [1.165, 1.54) is 11.0 Å². The molecular weight excluding hydrogens is 248 g/mol. The predicted molar refractivity (Wildman–Crippen MR) is 67.1 cm³/mol. The first-order chi connectivity index (χ1) is 9.15. The molecule has 19 heavy (non-hydrogen) atoms. The Kier molecular flexibility index (Phi) is 3.97. The van der Waals surface area contributed by atoms with Gasteiger partial charge in [-0.05, 0) is 12.1 Å². The number of nitrogen functional groups attached to an aromatic ring is 1. The number of aryl methyl sites for hydroxylation is 1. The van der Waals surface area contributed by atoms with Crippen molar-refractivity contribution < 1.29 is 14.3 Å². The summed E-state index contributed by atoms with van der Waals surface area (Å²) in [7, 11) is 1.72. The summed E-state index contributed by atoms with van der Waals surface area (Å²) < 4.78 is 11.8. The highest BCUT2D eigenvalue weighted by molar-refractivity contribution is 5.71. The first-order valence-corrected chi connectivity index (χ1v) is 5.62. The number of carbonyl (C=O) groups excluding carboxylic acids is 1. The van der Waals surface area contributed by atoms with Crippen LogP contribution in [-0.4, -0.2) is 27.3 Å². The van der Waals surface area contributed by atoms with E-state index in [1.807, 2.05) is 0 Å². The fourth-order valence-electron chi connectivity index (χ4n) is 1.38. The first kappa shape index (κ1) is 12.9. The molecule has 0 bridgehead atoms. The lowest BCUT2D eigenvalue weighted by Gasteiger charge is -2.07. The van der Waals surface area contributed by atoms with E-state index in [2.05, 4.69) is 10.1 Å². The number of ether oxygens (including phenoxy) is 2. The quantitative estimate of drug-likeness (QED) is 0.623. The molecule has 1 aromatic carbocycles. The minimum atomic E-state index is -0.481. The fraction of sp³-hybridized carbons (Fsp3) is 0.250. The van der Waals surface area contributed by atoms with Crippen molar-refractivity contribution in [1.82, 2.24) is 14.8 Å². The van der Waals surface area contributed by atoms with Crippen LogP contribution in [0.1, 0.15) is 5.82 Å². The van der Waals surface area contributed by atoms with Gasteiger partial charge in [-0.1, -0.05) is 6.07 Å². The van der Waals surface area contributed by atoms with E-state index in [4.69, 9.17) is 15.2 Å². The highest BCUT2D eigenvalue weighted by Gasteiger charge is 2.07. The van der Waals surface area contributed by atoms with Gasteiger partial charge in [0.25, 0.3) is 0 Å². The van der Waals surface area contributed by atoms with Crippen molar-refractivity contribution in [2.45, 2.75) is 6.61 Å². The number of benzene rings is 1. The van der Waals surface area contributed by atoms with Crippen LogP contribution in [0.15, 0.2) is 30.6 Å². The molecule has 0 aliphatic rings. The van der Waals surface area contributed by atoms with Crippen molar-refractivity contribution in [2.75, 3.05) is 12.3 Å². The van der Waals surface area contributed by atoms with Gasteiger partial charge in [-0.2, -0.15) is 5.10 Å². The molecule has 7 nitrogen and oxygen atoms in total. The number of hydrogen-bond donors (Lipinski definition) is 1. The van der Waals surface area contributed by atoms with E-state index in [-0.39, 0.29) is 13.2 Å². The van der Waals surface area contributed by atoms with Crippen molar-refractivity contribution in [3.63, 3.8) is 0 Å². The molecule has 1 heterocycles. The van der Waals surface area contributed by atoms with Gasteiger partial charge in [0.05, 0.1) is 0 Å². The second-order valence-corrected chi connectivity index (χ2v) is 3.82. The molecule has 0 saturated heterocycles. The van der Waals surface area contributed by atoms with E-state index < -0.39 is 5.97 Å². The molecule has 2 aromatic rings. The average Bonchev–Trinajstić information content (AvgIpc) is 2.80. The SMILES string of the molecule is Cn1ncnc1COC(=O)COc1cccc(N)c1. The van der Waals surface area contributed by atoms with Gasteiger partial charge in [0, 0.05) is 18.8 Å². The van der Waals surface area contributed by atoms with Gasteiger partial charge < -0.3 is 15.2 Å². The third-order valence-corrected chi connectivity index (χ3v) is 2.38. The van der Waals surface area contributed by atoms with Crippen LogP contribution in [0, 0.1) is 0 Å². The maximum absolute atomic E-state index is 11.5. The third-order valence-electron chi connectivity index (χ3n) is 2.38. The minimum Gasteiger partial charge on any atom is -0.482 e. The van der Waals surface area contributed by atoms with Crippen LogP contribution in [-0.2, 0) is 23.2 Å². The van der Waals surface area contributed by atoms with Crippen molar-refractivity contribution in [3.05, 3.63) is 36.4 Å². The summed E-state index contributed by atoms with van der Waals surface area (Å²) >= 11 is 0. The minimum absolute atomic E-state index is 0.0651. The lowest BCUT2D eigenvalue weighted by atomic mass is 10.3. The molecule has 0 aliphatic carbocycles. The van der Waals surface area contributed by atoms with Gasteiger partial charge >= 0.3 is 5.97 Å². The molecule has 0 amide bonds. The summed E-state index contributed by atoms with van der Waals surface area (Å²) in [5.41, 5.74) is 6.16. The average molecular weight is 262 g/mol. The Labute approximate surface area is 110 Å². The Balaban J connectivity index is 1.77. The zero-order valence-corrected chi connectivity index (χ0v) is 10.4. The van der Waals surface area contributed by atoms with Gasteiger partial charge in [-0.25, -0.2) is 9.78 Å². The van der Waals surface area contributed by atoms with Crippen molar-refractivity contribution in [2.24, 2.45) is 7.05 Å². The number of nitrogens with two attached hydrogens (primary N) is 1. The summed E-state index contributed by atoms with van der Waals surface area (Å²) in [6.07, 6.45) is 1.40. The largest absolute Gasteiger partial charge is 0.482 e. The van der Waals surface area contributed by atoms with Gasteiger partial charge in [0.1, 0.15) is 12.1 Å². The predicted octanol–water partition coefficient (Wildman–Crippen LogP) is 0.519. The Morgan fingerprint density at radius 2 is 2.32 bits per heavy atom. The monoisotopic (exact) mass is 262 g/mol. The summed E-state index contributed by atoms with van der Waals surface area (Å²) in [5, 5.41) is 3.87. The van der Waals surface area contributed by atoms with Crippen LogP contribution < -0.4 is 10.5 Å².